The van der Waals surface area contributed by atoms with E-state index in [2.05, 4.69) is 12.2 Å². The number of aliphatic hydroxyl groups is 1. The van der Waals surface area contributed by atoms with Crippen molar-refractivity contribution in [3.63, 3.8) is 0 Å². The molecule has 4 heteroatoms. The fraction of sp³-hybridized carbons (Fsp3) is 0.625. The van der Waals surface area contributed by atoms with Crippen molar-refractivity contribution < 1.29 is 14.6 Å². The molecule has 4 nitrogen and oxygen atoms in total. The van der Waals surface area contributed by atoms with Crippen molar-refractivity contribution in [2.24, 2.45) is 0 Å². The first-order chi connectivity index (χ1) is 9.46. The van der Waals surface area contributed by atoms with Crippen molar-refractivity contribution in [3.8, 4) is 5.75 Å². The minimum absolute atomic E-state index is 0.154. The second-order valence-corrected chi connectivity index (χ2v) is 5.66. The Morgan fingerprint density at radius 1 is 1.25 bits per heavy atom. The molecule has 2 N–H and O–H groups in total. The van der Waals surface area contributed by atoms with Crippen molar-refractivity contribution in [3.05, 3.63) is 29.8 Å². The van der Waals surface area contributed by atoms with Crippen LogP contribution in [0.4, 0.5) is 0 Å². The molecule has 0 heterocycles. The predicted octanol–water partition coefficient (Wildman–Crippen LogP) is 2.00. The maximum Gasteiger partial charge on any atom is 0.119 e. The maximum atomic E-state index is 9.91. The van der Waals surface area contributed by atoms with E-state index < -0.39 is 6.10 Å². The molecule has 0 fully saturated rings. The minimum Gasteiger partial charge on any atom is -0.491 e. The molecule has 0 aliphatic carbocycles. The zero-order chi connectivity index (χ0) is 15.0. The number of aryl methyl sites for hydroxylation is 1. The van der Waals surface area contributed by atoms with Gasteiger partial charge in [0, 0.05) is 19.2 Å². The van der Waals surface area contributed by atoms with Gasteiger partial charge < -0.3 is 19.9 Å². The Kier molecular flexibility index (Phi) is 6.99. The smallest absolute Gasteiger partial charge is 0.119 e. The molecule has 0 aliphatic rings. The van der Waals surface area contributed by atoms with Crippen molar-refractivity contribution in [2.45, 2.75) is 38.8 Å². The molecule has 0 bridgehead atoms. The molecule has 0 aliphatic heterocycles. The summed E-state index contributed by atoms with van der Waals surface area (Å²) in [6.07, 6.45) is 0.471. The van der Waals surface area contributed by atoms with Crippen molar-refractivity contribution in [1.29, 1.82) is 0 Å². The first-order valence-corrected chi connectivity index (χ1v) is 7.10. The van der Waals surface area contributed by atoms with Gasteiger partial charge in [0.15, 0.2) is 0 Å². The zero-order valence-electron chi connectivity index (χ0n) is 13.0. The number of β-amino-alcohol motifs (C(OH)–C–C–N with tert-alkyl or cyclic N) is 1. The van der Waals surface area contributed by atoms with Gasteiger partial charge in [-0.25, -0.2) is 0 Å². The molecule has 1 aromatic carbocycles. The third-order valence-corrected chi connectivity index (χ3v) is 3.10. The van der Waals surface area contributed by atoms with Gasteiger partial charge in [0.1, 0.15) is 18.5 Å². The van der Waals surface area contributed by atoms with Gasteiger partial charge in [0.05, 0.1) is 6.61 Å². The van der Waals surface area contributed by atoms with Gasteiger partial charge in [0.2, 0.25) is 0 Å². The summed E-state index contributed by atoms with van der Waals surface area (Å²) in [6, 6.07) is 7.96. The molecule has 1 aromatic rings. The SMILES string of the molecule is CCc1ccc(OCC(O)CNC(C)(C)COC)cc1. The third kappa shape index (κ3) is 6.37. The van der Waals surface area contributed by atoms with Gasteiger partial charge in [-0.2, -0.15) is 0 Å². The van der Waals surface area contributed by atoms with Crippen LogP contribution < -0.4 is 10.1 Å². The van der Waals surface area contributed by atoms with Gasteiger partial charge in [-0.15, -0.1) is 0 Å². The van der Waals surface area contributed by atoms with E-state index in [4.69, 9.17) is 9.47 Å². The average Bonchev–Trinajstić information content (AvgIpc) is 2.43. The molecule has 0 saturated heterocycles. The number of methoxy groups -OCH3 is 1. The Balaban J connectivity index is 2.30. The lowest BCUT2D eigenvalue weighted by atomic mass is 10.1. The molecule has 114 valence electrons. The van der Waals surface area contributed by atoms with Gasteiger partial charge >= 0.3 is 0 Å². The minimum atomic E-state index is -0.544. The van der Waals surface area contributed by atoms with Crippen molar-refractivity contribution >= 4 is 0 Å². The molecule has 0 radical (unpaired) electrons. The topological polar surface area (TPSA) is 50.7 Å². The van der Waals surface area contributed by atoms with Crippen LogP contribution in [0.1, 0.15) is 26.3 Å². The molecule has 0 spiro atoms. The van der Waals surface area contributed by atoms with E-state index in [0.29, 0.717) is 13.2 Å². The van der Waals surface area contributed by atoms with E-state index in [0.717, 1.165) is 12.2 Å². The van der Waals surface area contributed by atoms with Crippen molar-refractivity contribution in [2.75, 3.05) is 26.9 Å². The molecule has 1 rings (SSSR count). The van der Waals surface area contributed by atoms with E-state index in [1.807, 2.05) is 38.1 Å². The summed E-state index contributed by atoms with van der Waals surface area (Å²) in [6.45, 7) is 7.54. The number of rotatable bonds is 9. The third-order valence-electron chi connectivity index (χ3n) is 3.10. The highest BCUT2D eigenvalue weighted by molar-refractivity contribution is 5.27. The number of aliphatic hydroxyl groups excluding tert-OH is 1. The normalized spacial score (nSPS) is 13.2. The standard InChI is InChI=1S/C16H27NO3/c1-5-13-6-8-15(9-7-13)20-11-14(18)10-17-16(2,3)12-19-4/h6-9,14,17-18H,5,10-12H2,1-4H3. The van der Waals surface area contributed by atoms with Crippen LogP contribution in [-0.4, -0.2) is 43.6 Å². The highest BCUT2D eigenvalue weighted by Crippen LogP contribution is 2.12. The molecule has 20 heavy (non-hydrogen) atoms. The molecular formula is C16H27NO3. The number of hydrogen-bond acceptors (Lipinski definition) is 4. The maximum absolute atomic E-state index is 9.91. The Morgan fingerprint density at radius 2 is 1.90 bits per heavy atom. The van der Waals surface area contributed by atoms with Crippen LogP contribution in [0, 0.1) is 0 Å². The highest BCUT2D eigenvalue weighted by atomic mass is 16.5. The second-order valence-electron chi connectivity index (χ2n) is 5.66. The number of nitrogens with one attached hydrogen (secondary N) is 1. The molecule has 1 atom stereocenters. The fourth-order valence-electron chi connectivity index (χ4n) is 1.88. The summed E-state index contributed by atoms with van der Waals surface area (Å²) >= 11 is 0. The highest BCUT2D eigenvalue weighted by Gasteiger charge is 2.18. The van der Waals surface area contributed by atoms with E-state index in [-0.39, 0.29) is 12.1 Å². The molecular weight excluding hydrogens is 254 g/mol. The molecule has 1 unspecified atom stereocenters. The van der Waals surface area contributed by atoms with Gasteiger partial charge in [-0.3, -0.25) is 0 Å². The van der Waals surface area contributed by atoms with Crippen LogP contribution in [0.5, 0.6) is 5.75 Å². The summed E-state index contributed by atoms with van der Waals surface area (Å²) in [4.78, 5) is 0. The van der Waals surface area contributed by atoms with Crippen molar-refractivity contribution in [1.82, 2.24) is 5.32 Å². The molecule has 0 aromatic heterocycles. The largest absolute Gasteiger partial charge is 0.491 e. The monoisotopic (exact) mass is 281 g/mol. The lowest BCUT2D eigenvalue weighted by Gasteiger charge is -2.26. The summed E-state index contributed by atoms with van der Waals surface area (Å²) in [5.41, 5.74) is 1.12. The van der Waals surface area contributed by atoms with E-state index in [1.54, 1.807) is 7.11 Å². The van der Waals surface area contributed by atoms with Crippen LogP contribution in [0.3, 0.4) is 0 Å². The number of benzene rings is 1. The van der Waals surface area contributed by atoms with E-state index in [9.17, 15) is 5.11 Å². The first kappa shape index (κ1) is 17.0. The lowest BCUT2D eigenvalue weighted by Crippen LogP contribution is -2.47. The quantitative estimate of drug-likeness (QED) is 0.727. The fourth-order valence-corrected chi connectivity index (χ4v) is 1.88. The zero-order valence-corrected chi connectivity index (χ0v) is 13.0. The van der Waals surface area contributed by atoms with E-state index in [1.165, 1.54) is 5.56 Å². The number of hydrogen-bond donors (Lipinski definition) is 2. The lowest BCUT2D eigenvalue weighted by molar-refractivity contribution is 0.0813. The molecule has 0 saturated carbocycles. The summed E-state index contributed by atoms with van der Waals surface area (Å²) in [7, 11) is 1.67. The summed E-state index contributed by atoms with van der Waals surface area (Å²) in [5, 5.41) is 13.2. The summed E-state index contributed by atoms with van der Waals surface area (Å²) < 4.78 is 10.7. The Hall–Kier alpha value is -1.10. The Bertz CT molecular complexity index is 376. The Morgan fingerprint density at radius 3 is 2.45 bits per heavy atom. The molecule has 0 amide bonds. The van der Waals surface area contributed by atoms with Crippen LogP contribution in [0.2, 0.25) is 0 Å². The van der Waals surface area contributed by atoms with Crippen LogP contribution in [0.25, 0.3) is 0 Å². The van der Waals surface area contributed by atoms with E-state index >= 15 is 0 Å². The predicted molar refractivity (Wildman–Crippen MR) is 81.3 cm³/mol. The van der Waals surface area contributed by atoms with Crippen LogP contribution in [0.15, 0.2) is 24.3 Å². The van der Waals surface area contributed by atoms with Gasteiger partial charge in [0.25, 0.3) is 0 Å². The van der Waals surface area contributed by atoms with Gasteiger partial charge in [-0.05, 0) is 38.0 Å². The van der Waals surface area contributed by atoms with Crippen LogP contribution >= 0.6 is 0 Å². The summed E-state index contributed by atoms with van der Waals surface area (Å²) in [5.74, 6) is 0.789. The first-order valence-electron chi connectivity index (χ1n) is 7.10. The second kappa shape index (κ2) is 8.25. The van der Waals surface area contributed by atoms with Gasteiger partial charge in [-0.1, -0.05) is 19.1 Å². The van der Waals surface area contributed by atoms with Crippen LogP contribution in [-0.2, 0) is 11.2 Å². The Labute approximate surface area is 122 Å². The number of ether oxygens (including phenoxy) is 2. The average molecular weight is 281 g/mol.